The first-order chi connectivity index (χ1) is 9.24. The molecular formula is C17H18O2. The Labute approximate surface area is 114 Å². The zero-order chi connectivity index (χ0) is 13.2. The van der Waals surface area contributed by atoms with Crippen LogP contribution in [-0.2, 0) is 6.42 Å². The van der Waals surface area contributed by atoms with Crippen molar-refractivity contribution in [1.29, 1.82) is 0 Å². The third-order valence-corrected chi connectivity index (χ3v) is 3.20. The minimum atomic E-state index is 0.506. The fraction of sp³-hybridized carbons (Fsp3) is 0.294. The monoisotopic (exact) mass is 254 g/mol. The summed E-state index contributed by atoms with van der Waals surface area (Å²) in [5.41, 5.74) is 2.43. The van der Waals surface area contributed by atoms with Crippen LogP contribution in [0.4, 0.5) is 0 Å². The van der Waals surface area contributed by atoms with Crippen LogP contribution in [0.1, 0.15) is 25.0 Å². The molecule has 0 saturated heterocycles. The van der Waals surface area contributed by atoms with Crippen LogP contribution >= 0.6 is 0 Å². The van der Waals surface area contributed by atoms with E-state index in [1.54, 1.807) is 0 Å². The van der Waals surface area contributed by atoms with Crippen LogP contribution < -0.4 is 9.47 Å². The van der Waals surface area contributed by atoms with Crippen LogP contribution in [-0.4, -0.2) is 6.61 Å². The molecule has 98 valence electrons. The van der Waals surface area contributed by atoms with E-state index in [-0.39, 0.29) is 0 Å². The number of hydrogen-bond donors (Lipinski definition) is 0. The van der Waals surface area contributed by atoms with E-state index in [2.05, 4.69) is 26.0 Å². The SMILES string of the molecule is CC(C)COc1cccc2c1Oc1ccccc1C2. The van der Waals surface area contributed by atoms with Gasteiger partial charge in [0.25, 0.3) is 0 Å². The van der Waals surface area contributed by atoms with Crippen LogP contribution in [0, 0.1) is 5.92 Å². The van der Waals surface area contributed by atoms with Crippen molar-refractivity contribution in [2.45, 2.75) is 20.3 Å². The van der Waals surface area contributed by atoms with E-state index in [4.69, 9.17) is 9.47 Å². The van der Waals surface area contributed by atoms with Crippen LogP contribution in [0.2, 0.25) is 0 Å². The summed E-state index contributed by atoms with van der Waals surface area (Å²) in [6.07, 6.45) is 0.907. The molecule has 19 heavy (non-hydrogen) atoms. The Morgan fingerprint density at radius 3 is 2.68 bits per heavy atom. The maximum Gasteiger partial charge on any atom is 0.172 e. The number of fused-ring (bicyclic) bond motifs is 2. The molecule has 1 aliphatic rings. The Morgan fingerprint density at radius 2 is 1.84 bits per heavy atom. The summed E-state index contributed by atoms with van der Waals surface area (Å²) < 4.78 is 11.9. The summed E-state index contributed by atoms with van der Waals surface area (Å²) in [4.78, 5) is 0. The molecule has 2 heteroatoms. The van der Waals surface area contributed by atoms with Gasteiger partial charge in [-0.2, -0.15) is 0 Å². The number of rotatable bonds is 3. The van der Waals surface area contributed by atoms with Gasteiger partial charge in [0.15, 0.2) is 11.5 Å². The van der Waals surface area contributed by atoms with Crippen molar-refractivity contribution in [1.82, 2.24) is 0 Å². The third-order valence-electron chi connectivity index (χ3n) is 3.20. The van der Waals surface area contributed by atoms with Crippen molar-refractivity contribution >= 4 is 0 Å². The normalized spacial score (nSPS) is 12.6. The molecule has 0 atom stereocenters. The summed E-state index contributed by atoms with van der Waals surface area (Å²) >= 11 is 0. The second-order valence-electron chi connectivity index (χ2n) is 5.34. The maximum absolute atomic E-state index is 6.02. The van der Waals surface area contributed by atoms with Crippen molar-refractivity contribution in [2.24, 2.45) is 5.92 Å². The Bertz CT molecular complexity index is 588. The molecule has 0 bridgehead atoms. The van der Waals surface area contributed by atoms with E-state index in [1.807, 2.05) is 30.3 Å². The highest BCUT2D eigenvalue weighted by Crippen LogP contribution is 2.42. The Morgan fingerprint density at radius 1 is 1.05 bits per heavy atom. The van der Waals surface area contributed by atoms with Crippen molar-refractivity contribution in [3.05, 3.63) is 53.6 Å². The van der Waals surface area contributed by atoms with Gasteiger partial charge in [0, 0.05) is 12.0 Å². The van der Waals surface area contributed by atoms with Crippen molar-refractivity contribution < 1.29 is 9.47 Å². The molecule has 2 aromatic rings. The van der Waals surface area contributed by atoms with E-state index in [0.717, 1.165) is 23.7 Å². The van der Waals surface area contributed by atoms with Gasteiger partial charge in [-0.1, -0.05) is 44.2 Å². The Hall–Kier alpha value is -1.96. The van der Waals surface area contributed by atoms with E-state index in [9.17, 15) is 0 Å². The zero-order valence-electron chi connectivity index (χ0n) is 11.3. The van der Waals surface area contributed by atoms with E-state index in [0.29, 0.717) is 12.5 Å². The molecule has 2 nitrogen and oxygen atoms in total. The summed E-state index contributed by atoms with van der Waals surface area (Å²) in [6, 6.07) is 14.3. The number of para-hydroxylation sites is 2. The number of benzene rings is 2. The predicted octanol–water partition coefficient (Wildman–Crippen LogP) is 4.42. The summed E-state index contributed by atoms with van der Waals surface area (Å²) in [6.45, 7) is 5.00. The largest absolute Gasteiger partial charge is 0.489 e. The van der Waals surface area contributed by atoms with Gasteiger partial charge in [-0.3, -0.25) is 0 Å². The van der Waals surface area contributed by atoms with Gasteiger partial charge in [-0.05, 0) is 23.6 Å². The fourth-order valence-electron chi connectivity index (χ4n) is 2.25. The second kappa shape index (κ2) is 4.96. The molecule has 2 aromatic carbocycles. The van der Waals surface area contributed by atoms with Gasteiger partial charge in [-0.25, -0.2) is 0 Å². The lowest BCUT2D eigenvalue weighted by Gasteiger charge is -2.22. The van der Waals surface area contributed by atoms with Crippen LogP contribution in [0.15, 0.2) is 42.5 Å². The molecule has 0 aromatic heterocycles. The first-order valence-corrected chi connectivity index (χ1v) is 6.74. The molecule has 1 aliphatic heterocycles. The van der Waals surface area contributed by atoms with Crippen molar-refractivity contribution in [3.8, 4) is 17.2 Å². The topological polar surface area (TPSA) is 18.5 Å². The molecule has 0 amide bonds. The second-order valence-corrected chi connectivity index (χ2v) is 5.34. The third kappa shape index (κ3) is 2.43. The minimum Gasteiger partial charge on any atom is -0.489 e. The lowest BCUT2D eigenvalue weighted by molar-refractivity contribution is 0.259. The molecule has 0 unspecified atom stereocenters. The molecule has 1 heterocycles. The Kier molecular flexibility index (Phi) is 3.16. The highest BCUT2D eigenvalue weighted by atomic mass is 16.5. The molecule has 0 saturated carbocycles. The van der Waals surface area contributed by atoms with Crippen molar-refractivity contribution in [2.75, 3.05) is 6.61 Å². The summed E-state index contributed by atoms with van der Waals surface area (Å²) in [5, 5.41) is 0. The van der Waals surface area contributed by atoms with Crippen LogP contribution in [0.3, 0.4) is 0 Å². The highest BCUT2D eigenvalue weighted by molar-refractivity contribution is 5.55. The van der Waals surface area contributed by atoms with Gasteiger partial charge in [0.2, 0.25) is 0 Å². The summed E-state index contributed by atoms with van der Waals surface area (Å²) in [7, 11) is 0. The number of hydrogen-bond acceptors (Lipinski definition) is 2. The molecule has 0 fully saturated rings. The quantitative estimate of drug-likeness (QED) is 0.689. The van der Waals surface area contributed by atoms with Crippen LogP contribution in [0.5, 0.6) is 17.2 Å². The molecule has 0 aliphatic carbocycles. The fourth-order valence-corrected chi connectivity index (χ4v) is 2.25. The molecular weight excluding hydrogens is 236 g/mol. The van der Waals surface area contributed by atoms with Gasteiger partial charge < -0.3 is 9.47 Å². The molecule has 3 rings (SSSR count). The lowest BCUT2D eigenvalue weighted by atomic mass is 10.00. The smallest absolute Gasteiger partial charge is 0.172 e. The van der Waals surface area contributed by atoms with Gasteiger partial charge in [0.05, 0.1) is 6.61 Å². The first-order valence-electron chi connectivity index (χ1n) is 6.74. The Balaban J connectivity index is 1.92. The predicted molar refractivity (Wildman–Crippen MR) is 76.1 cm³/mol. The van der Waals surface area contributed by atoms with E-state index >= 15 is 0 Å². The van der Waals surface area contributed by atoms with Gasteiger partial charge in [-0.15, -0.1) is 0 Å². The minimum absolute atomic E-state index is 0.506. The van der Waals surface area contributed by atoms with E-state index in [1.165, 1.54) is 11.1 Å². The van der Waals surface area contributed by atoms with E-state index < -0.39 is 0 Å². The maximum atomic E-state index is 6.02. The zero-order valence-corrected chi connectivity index (χ0v) is 11.3. The average Bonchev–Trinajstić information content (AvgIpc) is 2.42. The van der Waals surface area contributed by atoms with Crippen molar-refractivity contribution in [3.63, 3.8) is 0 Å². The lowest BCUT2D eigenvalue weighted by Crippen LogP contribution is -2.08. The molecule has 0 radical (unpaired) electrons. The number of ether oxygens (including phenoxy) is 2. The standard InChI is InChI=1S/C17H18O2/c1-12(2)11-18-16-9-5-7-14-10-13-6-3-4-8-15(13)19-17(14)16/h3-9,12H,10-11H2,1-2H3. The van der Waals surface area contributed by atoms with Crippen LogP contribution in [0.25, 0.3) is 0 Å². The van der Waals surface area contributed by atoms with Gasteiger partial charge >= 0.3 is 0 Å². The summed E-state index contributed by atoms with van der Waals surface area (Å²) in [5.74, 6) is 3.17. The van der Waals surface area contributed by atoms with Gasteiger partial charge in [0.1, 0.15) is 5.75 Å². The first kappa shape index (κ1) is 12.1. The molecule has 0 N–H and O–H groups in total. The average molecular weight is 254 g/mol. The highest BCUT2D eigenvalue weighted by Gasteiger charge is 2.20. The molecule has 0 spiro atoms.